The molecule has 2 amide bonds. The molecule has 1 aliphatic carbocycles. The summed E-state index contributed by atoms with van der Waals surface area (Å²) in [7, 11) is 3.76. The number of piperidine rings is 1. The number of likely N-dealkylation sites (N-methyl/N-ethyl adjacent to an activating group) is 1. The maximum Gasteiger partial charge on any atom is 0.230 e. The Hall–Kier alpha value is -1.91. The first-order valence-electron chi connectivity index (χ1n) is 8.96. The highest BCUT2D eigenvalue weighted by molar-refractivity contribution is 5.87. The lowest BCUT2D eigenvalue weighted by atomic mass is 9.64. The van der Waals surface area contributed by atoms with E-state index in [-0.39, 0.29) is 23.3 Å². The third-order valence-corrected chi connectivity index (χ3v) is 5.84. The van der Waals surface area contributed by atoms with Crippen LogP contribution in [-0.2, 0) is 16.0 Å². The van der Waals surface area contributed by atoms with Gasteiger partial charge in [0.2, 0.25) is 11.8 Å². The van der Waals surface area contributed by atoms with Crippen LogP contribution in [0.1, 0.15) is 44.2 Å². The van der Waals surface area contributed by atoms with E-state index in [1.54, 1.807) is 6.20 Å². The molecule has 0 unspecified atom stereocenters. The van der Waals surface area contributed by atoms with Gasteiger partial charge in [-0.25, -0.2) is 0 Å². The minimum absolute atomic E-state index is 0.0669. The standard InChI is InChI=1S/C19H27N3O2/c1-21(14-10-15-7-4-6-13-20-15)18(24)19-11-5-3-8-16(19)22(2)17(23)9-12-19/h4,6-7,13,16H,3,5,8-12,14H2,1-2H3/t16-,19-/m1/s1. The van der Waals surface area contributed by atoms with Crippen molar-refractivity contribution in [2.24, 2.45) is 5.41 Å². The number of nitrogens with zero attached hydrogens (tertiary/aromatic N) is 3. The van der Waals surface area contributed by atoms with Gasteiger partial charge in [-0.2, -0.15) is 0 Å². The third-order valence-electron chi connectivity index (χ3n) is 5.84. The van der Waals surface area contributed by atoms with Gasteiger partial charge in [0.1, 0.15) is 0 Å². The topological polar surface area (TPSA) is 53.5 Å². The number of amides is 2. The van der Waals surface area contributed by atoms with Crippen LogP contribution in [-0.4, -0.2) is 53.3 Å². The molecule has 5 nitrogen and oxygen atoms in total. The summed E-state index contributed by atoms with van der Waals surface area (Å²) in [6.45, 7) is 0.669. The summed E-state index contributed by atoms with van der Waals surface area (Å²) < 4.78 is 0. The highest BCUT2D eigenvalue weighted by atomic mass is 16.2. The molecule has 0 bridgehead atoms. The van der Waals surface area contributed by atoms with Crippen LogP contribution >= 0.6 is 0 Å². The van der Waals surface area contributed by atoms with Crippen molar-refractivity contribution in [1.82, 2.24) is 14.8 Å². The number of carbonyl (C=O) groups excluding carboxylic acids is 2. The molecule has 3 rings (SSSR count). The number of hydrogen-bond acceptors (Lipinski definition) is 3. The van der Waals surface area contributed by atoms with Gasteiger partial charge in [0.15, 0.2) is 0 Å². The summed E-state index contributed by atoms with van der Waals surface area (Å²) in [6.07, 6.45) is 7.78. The quantitative estimate of drug-likeness (QED) is 0.851. The van der Waals surface area contributed by atoms with E-state index in [0.29, 0.717) is 19.4 Å². The van der Waals surface area contributed by atoms with Crippen LogP contribution in [0.15, 0.2) is 24.4 Å². The molecular formula is C19H27N3O2. The van der Waals surface area contributed by atoms with Crippen molar-refractivity contribution in [3.8, 4) is 0 Å². The van der Waals surface area contributed by atoms with Crippen molar-refractivity contribution in [2.75, 3.05) is 20.6 Å². The fourth-order valence-electron chi connectivity index (χ4n) is 4.42. The van der Waals surface area contributed by atoms with E-state index < -0.39 is 0 Å². The van der Waals surface area contributed by atoms with Crippen molar-refractivity contribution in [1.29, 1.82) is 0 Å². The van der Waals surface area contributed by atoms with Crippen LogP contribution < -0.4 is 0 Å². The van der Waals surface area contributed by atoms with E-state index in [0.717, 1.165) is 37.8 Å². The first-order chi connectivity index (χ1) is 11.5. The van der Waals surface area contributed by atoms with E-state index in [2.05, 4.69) is 4.98 Å². The zero-order valence-electron chi connectivity index (χ0n) is 14.7. The van der Waals surface area contributed by atoms with E-state index in [1.165, 1.54) is 0 Å². The van der Waals surface area contributed by atoms with Gasteiger partial charge in [-0.05, 0) is 31.4 Å². The van der Waals surface area contributed by atoms with Crippen molar-refractivity contribution in [3.05, 3.63) is 30.1 Å². The number of carbonyl (C=O) groups is 2. The second kappa shape index (κ2) is 6.91. The summed E-state index contributed by atoms with van der Waals surface area (Å²) in [4.78, 5) is 33.4. The normalized spacial score (nSPS) is 26.8. The molecule has 0 aromatic carbocycles. The van der Waals surface area contributed by atoms with Gasteiger partial charge >= 0.3 is 0 Å². The van der Waals surface area contributed by atoms with Gasteiger partial charge in [-0.15, -0.1) is 0 Å². The Morgan fingerprint density at radius 3 is 2.96 bits per heavy atom. The lowest BCUT2D eigenvalue weighted by Crippen LogP contribution is -2.60. The summed E-state index contributed by atoms with van der Waals surface area (Å²) in [6, 6.07) is 5.94. The van der Waals surface area contributed by atoms with E-state index in [9.17, 15) is 9.59 Å². The molecule has 2 aliphatic rings. The minimum Gasteiger partial charge on any atom is -0.345 e. The van der Waals surface area contributed by atoms with Crippen molar-refractivity contribution in [3.63, 3.8) is 0 Å². The van der Waals surface area contributed by atoms with Crippen LogP contribution in [0.2, 0.25) is 0 Å². The van der Waals surface area contributed by atoms with Crippen LogP contribution in [0.3, 0.4) is 0 Å². The number of pyridine rings is 1. The Labute approximate surface area is 144 Å². The van der Waals surface area contributed by atoms with E-state index in [4.69, 9.17) is 0 Å². The monoisotopic (exact) mass is 329 g/mol. The summed E-state index contributed by atoms with van der Waals surface area (Å²) in [5.74, 6) is 0.393. The number of aromatic nitrogens is 1. The summed E-state index contributed by atoms with van der Waals surface area (Å²) >= 11 is 0. The maximum atomic E-state index is 13.3. The van der Waals surface area contributed by atoms with Crippen molar-refractivity contribution in [2.45, 2.75) is 51.0 Å². The molecule has 24 heavy (non-hydrogen) atoms. The van der Waals surface area contributed by atoms with Crippen LogP contribution in [0.4, 0.5) is 0 Å². The molecule has 0 N–H and O–H groups in total. The largest absolute Gasteiger partial charge is 0.345 e. The minimum atomic E-state index is -0.375. The highest BCUT2D eigenvalue weighted by Crippen LogP contribution is 2.46. The number of rotatable bonds is 4. The zero-order valence-corrected chi connectivity index (χ0v) is 14.7. The number of fused-ring (bicyclic) bond motifs is 1. The maximum absolute atomic E-state index is 13.3. The second-order valence-electron chi connectivity index (χ2n) is 7.22. The number of hydrogen-bond donors (Lipinski definition) is 0. The van der Waals surface area contributed by atoms with Crippen molar-refractivity contribution >= 4 is 11.8 Å². The average Bonchev–Trinajstić information content (AvgIpc) is 2.63. The van der Waals surface area contributed by atoms with Crippen LogP contribution in [0, 0.1) is 5.41 Å². The van der Waals surface area contributed by atoms with Gasteiger partial charge in [0.25, 0.3) is 0 Å². The molecule has 1 aliphatic heterocycles. The smallest absolute Gasteiger partial charge is 0.230 e. The molecule has 1 saturated carbocycles. The SMILES string of the molecule is CN(CCc1ccccn1)C(=O)[C@@]12CCCC[C@H]1N(C)C(=O)CC2. The molecular weight excluding hydrogens is 302 g/mol. The lowest BCUT2D eigenvalue weighted by molar-refractivity contribution is -0.159. The fraction of sp³-hybridized carbons (Fsp3) is 0.632. The molecule has 2 heterocycles. The Morgan fingerprint density at radius 2 is 2.21 bits per heavy atom. The molecule has 1 aromatic heterocycles. The first-order valence-corrected chi connectivity index (χ1v) is 8.96. The summed E-state index contributed by atoms with van der Waals surface area (Å²) in [5.41, 5.74) is 0.630. The predicted molar refractivity (Wildman–Crippen MR) is 92.3 cm³/mol. The van der Waals surface area contributed by atoms with Crippen LogP contribution in [0.5, 0.6) is 0 Å². The molecule has 1 saturated heterocycles. The molecule has 1 aromatic rings. The van der Waals surface area contributed by atoms with E-state index in [1.807, 2.05) is 42.1 Å². The van der Waals surface area contributed by atoms with Crippen molar-refractivity contribution < 1.29 is 9.59 Å². The summed E-state index contributed by atoms with van der Waals surface area (Å²) in [5, 5.41) is 0. The van der Waals surface area contributed by atoms with Gasteiger partial charge in [0.05, 0.1) is 5.41 Å². The van der Waals surface area contributed by atoms with Gasteiger partial charge in [-0.3, -0.25) is 14.6 Å². The van der Waals surface area contributed by atoms with Gasteiger partial charge < -0.3 is 9.80 Å². The van der Waals surface area contributed by atoms with Gasteiger partial charge in [0, 0.05) is 51.4 Å². The number of likely N-dealkylation sites (tertiary alicyclic amines) is 1. The Bertz CT molecular complexity index is 604. The van der Waals surface area contributed by atoms with Gasteiger partial charge in [-0.1, -0.05) is 18.9 Å². The van der Waals surface area contributed by atoms with Crippen LogP contribution in [0.25, 0.3) is 0 Å². The van der Waals surface area contributed by atoms with E-state index >= 15 is 0 Å². The molecule has 5 heteroatoms. The molecule has 0 spiro atoms. The second-order valence-corrected chi connectivity index (χ2v) is 7.22. The molecule has 2 atom stereocenters. The first kappa shape index (κ1) is 16.9. The zero-order chi connectivity index (χ0) is 17.2. The molecule has 130 valence electrons. The highest BCUT2D eigenvalue weighted by Gasteiger charge is 2.53. The Morgan fingerprint density at radius 1 is 1.38 bits per heavy atom. The Balaban J connectivity index is 1.72. The predicted octanol–water partition coefficient (Wildman–Crippen LogP) is 2.26. The molecule has 0 radical (unpaired) electrons. The fourth-order valence-corrected chi connectivity index (χ4v) is 4.42. The Kier molecular flexibility index (Phi) is 4.88. The average molecular weight is 329 g/mol. The third kappa shape index (κ3) is 3.04. The lowest BCUT2D eigenvalue weighted by Gasteiger charge is -2.51. The molecule has 2 fully saturated rings.